The summed E-state index contributed by atoms with van der Waals surface area (Å²) in [5.41, 5.74) is 14.1. The molecular formula is C56H39N5. The lowest BCUT2D eigenvalue weighted by atomic mass is 9.82. The summed E-state index contributed by atoms with van der Waals surface area (Å²) in [5, 5.41) is 28.3. The Hall–Kier alpha value is -7.86. The van der Waals surface area contributed by atoms with Crippen molar-refractivity contribution >= 4 is 65.4 Å². The van der Waals surface area contributed by atoms with E-state index in [-0.39, 0.29) is 0 Å². The Morgan fingerprint density at radius 3 is 1.61 bits per heavy atom. The number of fused-ring (bicyclic) bond motifs is 9. The van der Waals surface area contributed by atoms with Gasteiger partial charge < -0.3 is 13.7 Å². The maximum Gasteiger partial charge on any atom is 0.102 e. The van der Waals surface area contributed by atoms with E-state index in [0.717, 1.165) is 84.6 Å². The average molecular weight is 782 g/mol. The van der Waals surface area contributed by atoms with Gasteiger partial charge in [0.05, 0.1) is 56.0 Å². The summed E-state index contributed by atoms with van der Waals surface area (Å²) in [6, 6.07) is 65.5. The Labute approximate surface area is 353 Å². The number of benzene rings is 8. The highest BCUT2D eigenvalue weighted by atomic mass is 15.0. The summed E-state index contributed by atoms with van der Waals surface area (Å²) in [6.45, 7) is 0. The van der Waals surface area contributed by atoms with Gasteiger partial charge in [-0.25, -0.2) is 0 Å². The molecular weight excluding hydrogens is 743 g/mol. The Kier molecular flexibility index (Phi) is 7.99. The molecule has 0 bridgehead atoms. The molecule has 5 heteroatoms. The molecule has 1 saturated carbocycles. The molecule has 61 heavy (non-hydrogen) atoms. The zero-order valence-corrected chi connectivity index (χ0v) is 33.5. The number of para-hydroxylation sites is 4. The third kappa shape index (κ3) is 5.38. The molecule has 0 radical (unpaired) electrons. The van der Waals surface area contributed by atoms with Gasteiger partial charge in [0.2, 0.25) is 0 Å². The maximum atomic E-state index is 11.4. The van der Waals surface area contributed by atoms with Crippen molar-refractivity contribution in [1.82, 2.24) is 13.7 Å². The van der Waals surface area contributed by atoms with E-state index in [2.05, 4.69) is 184 Å². The predicted octanol–water partition coefficient (Wildman–Crippen LogP) is 14.4. The van der Waals surface area contributed by atoms with Crippen LogP contribution in [0.25, 0.3) is 93.6 Å². The number of rotatable bonds is 5. The first-order valence-corrected chi connectivity index (χ1v) is 21.3. The summed E-state index contributed by atoms with van der Waals surface area (Å²) in [4.78, 5) is 0. The van der Waals surface area contributed by atoms with Gasteiger partial charge >= 0.3 is 0 Å². The van der Waals surface area contributed by atoms with Crippen LogP contribution in [-0.2, 0) is 0 Å². The van der Waals surface area contributed by atoms with E-state index >= 15 is 0 Å². The largest absolute Gasteiger partial charge is 0.309 e. The molecule has 1 aliphatic carbocycles. The lowest BCUT2D eigenvalue weighted by Gasteiger charge is -2.25. The molecule has 12 rings (SSSR count). The number of hydrogen-bond donors (Lipinski definition) is 0. The number of aromatic nitrogens is 3. The zero-order valence-electron chi connectivity index (χ0n) is 33.5. The van der Waals surface area contributed by atoms with Gasteiger partial charge in [-0.3, -0.25) is 0 Å². The molecule has 5 nitrogen and oxygen atoms in total. The van der Waals surface area contributed by atoms with Crippen LogP contribution in [0.1, 0.15) is 54.7 Å². The minimum absolute atomic E-state index is 0.416. The lowest BCUT2D eigenvalue weighted by Crippen LogP contribution is -2.08. The van der Waals surface area contributed by atoms with E-state index in [4.69, 9.17) is 0 Å². The van der Waals surface area contributed by atoms with Crippen molar-refractivity contribution in [2.75, 3.05) is 0 Å². The highest BCUT2D eigenvalue weighted by Gasteiger charge is 2.24. The normalized spacial score (nSPS) is 13.5. The first-order valence-electron chi connectivity index (χ1n) is 21.3. The molecule has 1 fully saturated rings. The molecule has 3 aromatic heterocycles. The minimum Gasteiger partial charge on any atom is -0.309 e. The van der Waals surface area contributed by atoms with Crippen LogP contribution < -0.4 is 0 Å². The maximum absolute atomic E-state index is 11.4. The summed E-state index contributed by atoms with van der Waals surface area (Å²) >= 11 is 0. The van der Waals surface area contributed by atoms with Crippen molar-refractivity contribution in [3.63, 3.8) is 0 Å². The molecule has 0 N–H and O–H groups in total. The smallest absolute Gasteiger partial charge is 0.102 e. The Morgan fingerprint density at radius 2 is 0.967 bits per heavy atom. The molecule has 3 heterocycles. The van der Waals surface area contributed by atoms with Crippen LogP contribution in [0.3, 0.4) is 0 Å². The first-order chi connectivity index (χ1) is 30.2. The summed E-state index contributed by atoms with van der Waals surface area (Å²) < 4.78 is 6.98. The fourth-order valence-electron chi connectivity index (χ4n) is 10.5. The quantitative estimate of drug-likeness (QED) is 0.175. The number of nitrogens with zero attached hydrogens (tertiary/aromatic N) is 5. The Balaban J connectivity index is 1.10. The molecule has 0 spiro atoms. The van der Waals surface area contributed by atoms with Crippen molar-refractivity contribution in [2.24, 2.45) is 0 Å². The van der Waals surface area contributed by atoms with Gasteiger partial charge in [0.1, 0.15) is 6.07 Å². The lowest BCUT2D eigenvalue weighted by molar-refractivity contribution is 0.443. The van der Waals surface area contributed by atoms with Gasteiger partial charge in [-0.1, -0.05) is 110 Å². The summed E-state index contributed by atoms with van der Waals surface area (Å²) in [7, 11) is 0. The molecule has 0 unspecified atom stereocenters. The van der Waals surface area contributed by atoms with Gasteiger partial charge in [-0.15, -0.1) is 0 Å². The fourth-order valence-corrected chi connectivity index (χ4v) is 10.5. The van der Waals surface area contributed by atoms with Crippen LogP contribution in [0.4, 0.5) is 0 Å². The highest BCUT2D eigenvalue weighted by Crippen LogP contribution is 2.43. The second-order valence-corrected chi connectivity index (χ2v) is 16.6. The van der Waals surface area contributed by atoms with E-state index < -0.39 is 0 Å². The van der Waals surface area contributed by atoms with Crippen LogP contribution in [0.15, 0.2) is 170 Å². The van der Waals surface area contributed by atoms with Crippen LogP contribution in [0, 0.1) is 22.7 Å². The molecule has 11 aromatic rings. The topological polar surface area (TPSA) is 62.4 Å². The van der Waals surface area contributed by atoms with E-state index in [1.807, 2.05) is 12.1 Å². The van der Waals surface area contributed by atoms with Gasteiger partial charge in [-0.2, -0.15) is 10.5 Å². The first kappa shape index (κ1) is 35.1. The predicted molar refractivity (Wildman–Crippen MR) is 250 cm³/mol. The van der Waals surface area contributed by atoms with Gasteiger partial charge in [0.15, 0.2) is 0 Å². The van der Waals surface area contributed by atoms with Gasteiger partial charge in [-0.05, 0) is 109 Å². The Bertz CT molecular complexity index is 3610. The second kappa shape index (κ2) is 13.9. The van der Waals surface area contributed by atoms with Crippen molar-refractivity contribution in [3.8, 4) is 40.3 Å². The van der Waals surface area contributed by atoms with Crippen molar-refractivity contribution in [1.29, 1.82) is 10.5 Å². The average Bonchev–Trinajstić information content (AvgIpc) is 3.96. The van der Waals surface area contributed by atoms with Crippen LogP contribution >= 0.6 is 0 Å². The highest BCUT2D eigenvalue weighted by molar-refractivity contribution is 6.13. The second-order valence-electron chi connectivity index (χ2n) is 16.6. The van der Waals surface area contributed by atoms with Crippen LogP contribution in [0.2, 0.25) is 0 Å². The van der Waals surface area contributed by atoms with Crippen LogP contribution in [0.5, 0.6) is 0 Å². The minimum atomic E-state index is 0.416. The molecule has 288 valence electrons. The number of hydrogen-bond acceptors (Lipinski definition) is 2. The summed E-state index contributed by atoms with van der Waals surface area (Å²) in [6.07, 6.45) is 5.97. The van der Waals surface area contributed by atoms with Gasteiger partial charge in [0.25, 0.3) is 0 Å². The summed E-state index contributed by atoms with van der Waals surface area (Å²) in [5.74, 6) is 0.416. The third-order valence-corrected chi connectivity index (χ3v) is 13.3. The zero-order chi connectivity index (χ0) is 40.6. The van der Waals surface area contributed by atoms with Crippen molar-refractivity contribution in [2.45, 2.75) is 38.0 Å². The Morgan fingerprint density at radius 1 is 0.410 bits per heavy atom. The van der Waals surface area contributed by atoms with Crippen molar-refractivity contribution in [3.05, 3.63) is 187 Å². The molecule has 1 aliphatic rings. The molecule has 0 atom stereocenters. The van der Waals surface area contributed by atoms with E-state index in [9.17, 15) is 10.5 Å². The number of nitriles is 2. The standard InChI is InChI=1S/C56H39N5/c57-34-36-25-27-46-44-19-6-10-23-52(44)60(55(46)29-36)40-16-12-15-38(30-40)47-31-39(37-13-2-1-3-14-37)32-56(49(47)35-58)61-53-24-11-7-20-45(53)48-33-41(26-28-54(48)61)59-50-21-8-4-17-42(50)43-18-5-9-22-51(43)59/h4-12,15-33,37H,1-3,13-14H2. The van der Waals surface area contributed by atoms with E-state index in [1.54, 1.807) is 0 Å². The van der Waals surface area contributed by atoms with Crippen molar-refractivity contribution < 1.29 is 0 Å². The molecule has 0 saturated heterocycles. The van der Waals surface area contributed by atoms with Gasteiger partial charge in [0, 0.05) is 49.3 Å². The molecule has 0 amide bonds. The van der Waals surface area contributed by atoms with Crippen LogP contribution in [-0.4, -0.2) is 13.7 Å². The monoisotopic (exact) mass is 781 g/mol. The third-order valence-electron chi connectivity index (χ3n) is 13.3. The SMILES string of the molecule is N#Cc1ccc2c3ccccc3n(-c3cccc(-c4cc(C5CCCCC5)cc(-n5c6ccccc6c6cc(-n7c8ccccc8c8ccccc87)ccc65)c4C#N)c3)c2c1. The van der Waals surface area contributed by atoms with E-state index in [1.165, 1.54) is 46.6 Å². The molecule has 8 aromatic carbocycles. The molecule has 0 aliphatic heterocycles. The van der Waals surface area contributed by atoms with E-state index in [0.29, 0.717) is 17.0 Å². The fraction of sp³-hybridized carbons (Fsp3) is 0.107.